The van der Waals surface area contributed by atoms with E-state index < -0.39 is 0 Å². The molecule has 1 aliphatic heterocycles. The first-order valence-electron chi connectivity index (χ1n) is 10.0. The first kappa shape index (κ1) is 20.1. The summed E-state index contributed by atoms with van der Waals surface area (Å²) in [6.45, 7) is 9.38. The quantitative estimate of drug-likeness (QED) is 0.542. The molecule has 0 aliphatic carbocycles. The van der Waals surface area contributed by atoms with Gasteiger partial charge in [-0.15, -0.1) is 10.2 Å². The van der Waals surface area contributed by atoms with E-state index in [2.05, 4.69) is 41.8 Å². The molecule has 2 heterocycles. The summed E-state index contributed by atoms with van der Waals surface area (Å²) >= 11 is 0. The molecule has 1 N–H and O–H groups in total. The molecule has 3 rings (SSSR count). The van der Waals surface area contributed by atoms with E-state index in [1.54, 1.807) is 6.33 Å². The van der Waals surface area contributed by atoms with Gasteiger partial charge in [-0.05, 0) is 12.1 Å². The van der Waals surface area contributed by atoms with Gasteiger partial charge in [-0.1, -0.05) is 25.1 Å². The average molecular weight is 386 g/mol. The predicted octanol–water partition coefficient (Wildman–Crippen LogP) is 1.11. The van der Waals surface area contributed by atoms with Crippen LogP contribution in [0.5, 0.6) is 5.75 Å². The van der Waals surface area contributed by atoms with E-state index in [1.807, 2.05) is 37.4 Å². The number of piperazine rings is 1. The van der Waals surface area contributed by atoms with E-state index in [9.17, 15) is 0 Å². The van der Waals surface area contributed by atoms with Crippen LogP contribution in [0.4, 0.5) is 0 Å². The number of para-hydroxylation sites is 1. The third kappa shape index (κ3) is 5.69. The number of hydrogen-bond donors (Lipinski definition) is 1. The van der Waals surface area contributed by atoms with Gasteiger partial charge in [0, 0.05) is 59.3 Å². The fourth-order valence-corrected chi connectivity index (χ4v) is 3.35. The number of rotatable bonds is 8. The van der Waals surface area contributed by atoms with Crippen LogP contribution in [0.3, 0.4) is 0 Å². The zero-order valence-electron chi connectivity index (χ0n) is 16.9. The molecule has 8 heteroatoms. The maximum absolute atomic E-state index is 5.81. The molecule has 28 heavy (non-hydrogen) atoms. The van der Waals surface area contributed by atoms with Gasteiger partial charge in [-0.2, -0.15) is 0 Å². The third-order valence-corrected chi connectivity index (χ3v) is 4.95. The lowest BCUT2D eigenvalue weighted by molar-refractivity contribution is 0.152. The summed E-state index contributed by atoms with van der Waals surface area (Å²) in [6, 6.07) is 9.99. The van der Waals surface area contributed by atoms with Crippen LogP contribution in [0.25, 0.3) is 0 Å². The average Bonchev–Trinajstić information content (AvgIpc) is 3.20. The first-order valence-corrected chi connectivity index (χ1v) is 10.0. The maximum Gasteiger partial charge on any atom is 0.193 e. The molecule has 152 valence electrons. The predicted molar refractivity (Wildman–Crippen MR) is 111 cm³/mol. The largest absolute Gasteiger partial charge is 0.492 e. The minimum Gasteiger partial charge on any atom is -0.492 e. The Morgan fingerprint density at radius 2 is 1.93 bits per heavy atom. The molecule has 0 bridgehead atoms. The minimum absolute atomic E-state index is 0.718. The van der Waals surface area contributed by atoms with Gasteiger partial charge in [0.05, 0.1) is 0 Å². The number of nitrogens with one attached hydrogen (secondary N) is 1. The van der Waals surface area contributed by atoms with Crippen molar-refractivity contribution >= 4 is 5.96 Å². The van der Waals surface area contributed by atoms with E-state index in [0.29, 0.717) is 0 Å². The number of ether oxygens (including phenoxy) is 1. The van der Waals surface area contributed by atoms with Crippen LogP contribution in [0.1, 0.15) is 12.7 Å². The lowest BCUT2D eigenvalue weighted by atomic mass is 10.3. The van der Waals surface area contributed by atoms with Crippen molar-refractivity contribution in [3.8, 4) is 5.75 Å². The van der Waals surface area contributed by atoms with E-state index in [0.717, 1.165) is 76.4 Å². The Labute approximate surface area is 167 Å². The molecular formula is C20H31N7O. The van der Waals surface area contributed by atoms with Crippen molar-refractivity contribution in [2.24, 2.45) is 4.99 Å². The SMILES string of the molecule is CCc1nncn1CCNC(=NC)N1CCN(CCOc2ccccc2)CC1. The molecular weight excluding hydrogens is 354 g/mol. The number of aryl methyl sites for hydroxylation is 1. The lowest BCUT2D eigenvalue weighted by Crippen LogP contribution is -2.53. The first-order chi connectivity index (χ1) is 13.8. The molecule has 1 fully saturated rings. The Morgan fingerprint density at radius 1 is 1.14 bits per heavy atom. The van der Waals surface area contributed by atoms with Crippen LogP contribution in [0.2, 0.25) is 0 Å². The molecule has 0 amide bonds. The van der Waals surface area contributed by atoms with Gasteiger partial charge in [-0.25, -0.2) is 0 Å². The second-order valence-electron chi connectivity index (χ2n) is 6.76. The molecule has 1 aromatic carbocycles. The number of aliphatic imine (C=N–C) groups is 1. The fourth-order valence-electron chi connectivity index (χ4n) is 3.35. The Bertz CT molecular complexity index is 723. The van der Waals surface area contributed by atoms with Gasteiger partial charge in [0.2, 0.25) is 0 Å². The summed E-state index contributed by atoms with van der Waals surface area (Å²) in [7, 11) is 1.85. The molecule has 8 nitrogen and oxygen atoms in total. The molecule has 0 unspecified atom stereocenters. The van der Waals surface area contributed by atoms with E-state index in [4.69, 9.17) is 4.74 Å². The smallest absolute Gasteiger partial charge is 0.193 e. The van der Waals surface area contributed by atoms with Gasteiger partial charge >= 0.3 is 0 Å². The summed E-state index contributed by atoms with van der Waals surface area (Å²) in [6.07, 6.45) is 2.68. The zero-order chi connectivity index (χ0) is 19.6. The molecule has 2 aromatic rings. The molecule has 1 aliphatic rings. The van der Waals surface area contributed by atoms with Crippen molar-refractivity contribution in [3.05, 3.63) is 42.5 Å². The van der Waals surface area contributed by atoms with Crippen LogP contribution in [-0.4, -0.2) is 83.4 Å². The summed E-state index contributed by atoms with van der Waals surface area (Å²) < 4.78 is 7.90. The second-order valence-corrected chi connectivity index (χ2v) is 6.76. The normalized spacial score (nSPS) is 15.6. The molecule has 0 atom stereocenters. The highest BCUT2D eigenvalue weighted by molar-refractivity contribution is 5.79. The van der Waals surface area contributed by atoms with Gasteiger partial charge in [0.1, 0.15) is 24.5 Å². The van der Waals surface area contributed by atoms with Gasteiger partial charge < -0.3 is 19.5 Å². The summed E-state index contributed by atoms with van der Waals surface area (Å²) in [5.74, 6) is 2.92. The third-order valence-electron chi connectivity index (χ3n) is 4.95. The van der Waals surface area contributed by atoms with Crippen LogP contribution < -0.4 is 10.1 Å². The molecule has 0 radical (unpaired) electrons. The Kier molecular flexibility index (Phi) is 7.66. The molecule has 0 spiro atoms. The van der Waals surface area contributed by atoms with Crippen LogP contribution in [0, 0.1) is 0 Å². The second kappa shape index (κ2) is 10.7. The van der Waals surface area contributed by atoms with Crippen LogP contribution >= 0.6 is 0 Å². The van der Waals surface area contributed by atoms with Gasteiger partial charge in [0.15, 0.2) is 5.96 Å². The molecule has 1 aromatic heterocycles. The maximum atomic E-state index is 5.81. The molecule has 1 saturated heterocycles. The number of benzene rings is 1. The highest BCUT2D eigenvalue weighted by Crippen LogP contribution is 2.08. The number of aromatic nitrogens is 3. The monoisotopic (exact) mass is 385 g/mol. The summed E-state index contributed by atoms with van der Waals surface area (Å²) in [5, 5.41) is 11.6. The van der Waals surface area contributed by atoms with Crippen molar-refractivity contribution < 1.29 is 4.74 Å². The highest BCUT2D eigenvalue weighted by atomic mass is 16.5. The highest BCUT2D eigenvalue weighted by Gasteiger charge is 2.19. The summed E-state index contributed by atoms with van der Waals surface area (Å²) in [5.41, 5.74) is 0. The lowest BCUT2D eigenvalue weighted by Gasteiger charge is -2.36. The van der Waals surface area contributed by atoms with Crippen molar-refractivity contribution in [2.75, 3.05) is 52.9 Å². The van der Waals surface area contributed by atoms with Crippen molar-refractivity contribution in [2.45, 2.75) is 19.9 Å². The molecule has 0 saturated carbocycles. The van der Waals surface area contributed by atoms with Crippen LogP contribution in [-0.2, 0) is 13.0 Å². The van der Waals surface area contributed by atoms with E-state index >= 15 is 0 Å². The number of guanidine groups is 1. The Balaban J connectivity index is 1.35. The van der Waals surface area contributed by atoms with Gasteiger partial charge in [0.25, 0.3) is 0 Å². The van der Waals surface area contributed by atoms with E-state index in [1.165, 1.54) is 0 Å². The Morgan fingerprint density at radius 3 is 2.64 bits per heavy atom. The zero-order valence-corrected chi connectivity index (χ0v) is 16.9. The standard InChI is InChI=1S/C20H31N7O/c1-3-19-24-23-17-27(19)10-9-22-20(21-2)26-13-11-25(12-14-26)15-16-28-18-7-5-4-6-8-18/h4-8,17H,3,9-16H2,1-2H3,(H,21,22). The minimum atomic E-state index is 0.718. The van der Waals surface area contributed by atoms with Crippen molar-refractivity contribution in [1.82, 2.24) is 29.9 Å². The van der Waals surface area contributed by atoms with Crippen molar-refractivity contribution in [1.29, 1.82) is 0 Å². The van der Waals surface area contributed by atoms with Crippen molar-refractivity contribution in [3.63, 3.8) is 0 Å². The van der Waals surface area contributed by atoms with E-state index in [-0.39, 0.29) is 0 Å². The summed E-state index contributed by atoms with van der Waals surface area (Å²) in [4.78, 5) is 9.21. The Hall–Kier alpha value is -2.61. The number of hydrogen-bond acceptors (Lipinski definition) is 5. The topological polar surface area (TPSA) is 70.8 Å². The van der Waals surface area contributed by atoms with Crippen LogP contribution in [0.15, 0.2) is 41.7 Å². The fraction of sp³-hybridized carbons (Fsp3) is 0.550. The number of nitrogens with zero attached hydrogens (tertiary/aromatic N) is 6. The van der Waals surface area contributed by atoms with Gasteiger partial charge in [-0.3, -0.25) is 9.89 Å².